The third-order valence-electron chi connectivity index (χ3n) is 6.18. The highest BCUT2D eigenvalue weighted by atomic mass is 16.2. The van der Waals surface area contributed by atoms with Crippen LogP contribution in [0.2, 0.25) is 0 Å². The van der Waals surface area contributed by atoms with Gasteiger partial charge in [0.25, 0.3) is 5.56 Å². The Kier molecular flexibility index (Phi) is 5.30. The summed E-state index contributed by atoms with van der Waals surface area (Å²) in [7, 11) is 0. The van der Waals surface area contributed by atoms with Crippen molar-refractivity contribution >= 4 is 16.8 Å². The summed E-state index contributed by atoms with van der Waals surface area (Å²) in [5, 5.41) is 1.10. The molecule has 4 rings (SSSR count). The molecule has 1 amide bonds. The normalized spacial score (nSPS) is 19.1. The van der Waals surface area contributed by atoms with E-state index in [1.54, 1.807) is 0 Å². The first-order valence-corrected chi connectivity index (χ1v) is 10.3. The molecule has 0 radical (unpaired) electrons. The van der Waals surface area contributed by atoms with Crippen molar-refractivity contribution in [1.29, 1.82) is 0 Å². The van der Waals surface area contributed by atoms with E-state index < -0.39 is 0 Å². The first-order valence-electron chi connectivity index (χ1n) is 10.3. The molecule has 5 heteroatoms. The van der Waals surface area contributed by atoms with Crippen LogP contribution in [0.25, 0.3) is 10.9 Å². The molecule has 0 atom stereocenters. The zero-order chi connectivity index (χ0) is 18.8. The molecule has 0 bridgehead atoms. The fraction of sp³-hybridized carbons (Fsp3) is 0.545. The lowest BCUT2D eigenvalue weighted by atomic mass is 10.1. The van der Waals surface area contributed by atoms with Gasteiger partial charge in [0.2, 0.25) is 5.91 Å². The lowest BCUT2D eigenvalue weighted by Gasteiger charge is -2.35. The molecule has 2 aliphatic rings. The van der Waals surface area contributed by atoms with Crippen molar-refractivity contribution < 1.29 is 4.79 Å². The fourth-order valence-corrected chi connectivity index (χ4v) is 4.44. The fourth-order valence-electron chi connectivity index (χ4n) is 4.44. The predicted molar refractivity (Wildman–Crippen MR) is 108 cm³/mol. The maximum Gasteiger partial charge on any atom is 0.252 e. The number of nitrogens with zero attached hydrogens (tertiary/aromatic N) is 2. The number of benzene rings is 1. The summed E-state index contributed by atoms with van der Waals surface area (Å²) in [4.78, 5) is 32.4. The highest BCUT2D eigenvalue weighted by molar-refractivity contribution is 5.80. The van der Waals surface area contributed by atoms with Gasteiger partial charge in [0.15, 0.2) is 0 Å². The van der Waals surface area contributed by atoms with Gasteiger partial charge >= 0.3 is 0 Å². The molecule has 1 saturated heterocycles. The third-order valence-corrected chi connectivity index (χ3v) is 6.18. The summed E-state index contributed by atoms with van der Waals surface area (Å²) < 4.78 is 0. The second-order valence-corrected chi connectivity index (χ2v) is 7.98. The van der Waals surface area contributed by atoms with E-state index in [4.69, 9.17) is 0 Å². The molecular weight excluding hydrogens is 338 g/mol. The smallest absolute Gasteiger partial charge is 0.252 e. The highest BCUT2D eigenvalue weighted by Gasteiger charge is 2.29. The second-order valence-electron chi connectivity index (χ2n) is 7.98. The number of aromatic nitrogens is 1. The Morgan fingerprint density at radius 1 is 1.11 bits per heavy atom. The number of amides is 1. The summed E-state index contributed by atoms with van der Waals surface area (Å²) >= 11 is 0. The summed E-state index contributed by atoms with van der Waals surface area (Å²) in [5.74, 6) is 0.607. The van der Waals surface area contributed by atoms with Crippen molar-refractivity contribution in [2.75, 3.05) is 26.2 Å². The second kappa shape index (κ2) is 7.85. The molecule has 27 heavy (non-hydrogen) atoms. The molecule has 0 spiro atoms. The number of nitrogens with one attached hydrogen (secondary N) is 1. The van der Waals surface area contributed by atoms with Gasteiger partial charge in [-0.15, -0.1) is 0 Å². The Morgan fingerprint density at radius 2 is 1.85 bits per heavy atom. The molecule has 1 aromatic heterocycles. The summed E-state index contributed by atoms with van der Waals surface area (Å²) in [6, 6.07) is 8.25. The number of pyridine rings is 1. The Hall–Kier alpha value is -2.14. The molecule has 2 aromatic rings. The first kappa shape index (κ1) is 18.2. The average Bonchev–Trinajstić information content (AvgIpc) is 3.23. The van der Waals surface area contributed by atoms with Crippen molar-refractivity contribution in [3.05, 3.63) is 45.7 Å². The monoisotopic (exact) mass is 367 g/mol. The SMILES string of the molecule is CCc1ccc2[nH]c(=O)c(CN3CCN(C(=O)C4CCCC4)CC3)cc2c1. The Labute approximate surface area is 160 Å². The topological polar surface area (TPSA) is 56.4 Å². The molecule has 144 valence electrons. The quantitative estimate of drug-likeness (QED) is 0.904. The minimum absolute atomic E-state index is 0.00351. The van der Waals surface area contributed by atoms with Crippen LogP contribution in [0.4, 0.5) is 0 Å². The Bertz CT molecular complexity index is 875. The lowest BCUT2D eigenvalue weighted by Crippen LogP contribution is -2.50. The Balaban J connectivity index is 1.41. The molecule has 5 nitrogen and oxygen atoms in total. The molecule has 1 aliphatic heterocycles. The number of H-pyrrole nitrogens is 1. The van der Waals surface area contributed by atoms with Crippen LogP contribution >= 0.6 is 0 Å². The molecule has 1 N–H and O–H groups in total. The van der Waals surface area contributed by atoms with Gasteiger partial charge in [0, 0.05) is 49.7 Å². The maximum atomic E-state index is 12.6. The predicted octanol–water partition coefficient (Wildman–Crippen LogP) is 2.92. The molecule has 1 saturated carbocycles. The van der Waals surface area contributed by atoms with Crippen LogP contribution < -0.4 is 5.56 Å². The largest absolute Gasteiger partial charge is 0.340 e. The van der Waals surface area contributed by atoms with Crippen LogP contribution in [-0.2, 0) is 17.8 Å². The summed E-state index contributed by atoms with van der Waals surface area (Å²) in [5.41, 5.74) is 2.98. The van der Waals surface area contributed by atoms with Crippen LogP contribution in [0.1, 0.15) is 43.7 Å². The average molecular weight is 367 g/mol. The van der Waals surface area contributed by atoms with Gasteiger partial charge in [0.05, 0.1) is 0 Å². The van der Waals surface area contributed by atoms with Crippen LogP contribution in [0.3, 0.4) is 0 Å². The molecule has 0 unspecified atom stereocenters. The van der Waals surface area contributed by atoms with E-state index in [1.807, 2.05) is 17.0 Å². The first-order chi connectivity index (χ1) is 13.1. The number of carbonyl (C=O) groups is 1. The molecule has 1 aliphatic carbocycles. The number of aryl methyl sites for hydroxylation is 1. The van der Waals surface area contributed by atoms with Gasteiger partial charge < -0.3 is 9.88 Å². The number of hydrogen-bond acceptors (Lipinski definition) is 3. The van der Waals surface area contributed by atoms with Crippen LogP contribution in [0.15, 0.2) is 29.1 Å². The van der Waals surface area contributed by atoms with E-state index in [-0.39, 0.29) is 11.5 Å². The third kappa shape index (κ3) is 3.93. The number of carbonyl (C=O) groups excluding carboxylic acids is 1. The van der Waals surface area contributed by atoms with E-state index in [9.17, 15) is 9.59 Å². The van der Waals surface area contributed by atoms with Crippen LogP contribution in [0, 0.1) is 5.92 Å². The van der Waals surface area contributed by atoms with Crippen molar-refractivity contribution in [2.24, 2.45) is 5.92 Å². The van der Waals surface area contributed by atoms with Crippen molar-refractivity contribution in [3.8, 4) is 0 Å². The molecule has 2 fully saturated rings. The number of hydrogen-bond donors (Lipinski definition) is 1. The van der Waals surface area contributed by atoms with E-state index in [0.29, 0.717) is 12.5 Å². The van der Waals surface area contributed by atoms with Gasteiger partial charge in [-0.2, -0.15) is 0 Å². The van der Waals surface area contributed by atoms with Crippen molar-refractivity contribution in [3.63, 3.8) is 0 Å². The number of rotatable bonds is 4. The van der Waals surface area contributed by atoms with Gasteiger partial charge in [-0.05, 0) is 48.4 Å². The number of aromatic amines is 1. The minimum atomic E-state index is -0.00351. The molecule has 1 aromatic carbocycles. The van der Waals surface area contributed by atoms with E-state index in [0.717, 1.165) is 61.9 Å². The molecular formula is C22H29N3O2. The van der Waals surface area contributed by atoms with E-state index in [1.165, 1.54) is 18.4 Å². The highest BCUT2D eigenvalue weighted by Crippen LogP contribution is 2.27. The van der Waals surface area contributed by atoms with Crippen LogP contribution in [0.5, 0.6) is 0 Å². The summed E-state index contributed by atoms with van der Waals surface area (Å²) in [6.07, 6.45) is 5.50. The van der Waals surface area contributed by atoms with Gasteiger partial charge in [0.1, 0.15) is 0 Å². The van der Waals surface area contributed by atoms with E-state index >= 15 is 0 Å². The zero-order valence-electron chi connectivity index (χ0n) is 16.2. The van der Waals surface area contributed by atoms with E-state index in [2.05, 4.69) is 28.9 Å². The van der Waals surface area contributed by atoms with Crippen molar-refractivity contribution in [2.45, 2.75) is 45.6 Å². The van der Waals surface area contributed by atoms with Gasteiger partial charge in [-0.3, -0.25) is 14.5 Å². The standard InChI is InChI=1S/C22H29N3O2/c1-2-16-7-8-20-18(13-16)14-19(21(26)23-20)15-24-9-11-25(12-10-24)22(27)17-5-3-4-6-17/h7-8,13-14,17H,2-6,9-12,15H2,1H3,(H,23,26). The van der Waals surface area contributed by atoms with Crippen molar-refractivity contribution in [1.82, 2.24) is 14.8 Å². The van der Waals surface area contributed by atoms with Gasteiger partial charge in [-0.25, -0.2) is 0 Å². The maximum absolute atomic E-state index is 12.6. The zero-order valence-corrected chi connectivity index (χ0v) is 16.2. The van der Waals surface area contributed by atoms with Crippen LogP contribution in [-0.4, -0.2) is 46.9 Å². The minimum Gasteiger partial charge on any atom is -0.340 e. The molecule has 2 heterocycles. The number of piperazine rings is 1. The van der Waals surface area contributed by atoms with Gasteiger partial charge in [-0.1, -0.05) is 25.8 Å². The number of fused-ring (bicyclic) bond motifs is 1. The summed E-state index contributed by atoms with van der Waals surface area (Å²) in [6.45, 7) is 6.02. The Morgan fingerprint density at radius 3 is 2.56 bits per heavy atom. The lowest BCUT2D eigenvalue weighted by molar-refractivity contribution is -0.137.